The maximum atomic E-state index is 13.5. The third-order valence-electron chi connectivity index (χ3n) is 10.7. The molecule has 0 aromatic heterocycles. The van der Waals surface area contributed by atoms with E-state index in [4.69, 9.17) is 17.2 Å². The van der Waals surface area contributed by atoms with E-state index < -0.39 is 67.1 Å². The van der Waals surface area contributed by atoms with Gasteiger partial charge >= 0.3 is 13.1 Å². The van der Waals surface area contributed by atoms with Crippen molar-refractivity contribution in [3.8, 4) is 5.75 Å². The number of aliphatic imine (C=N–C) groups is 1. The van der Waals surface area contributed by atoms with E-state index in [2.05, 4.69) is 47.5 Å². The molecular formula is C41H59BN12O11S. The smallest absolute Gasteiger partial charge is 0.488 e. The molecule has 9 amide bonds. The summed E-state index contributed by atoms with van der Waals surface area (Å²) in [5.41, 5.74) is 16.6. The Bertz CT molecular complexity index is 2060. The molecule has 2 saturated heterocycles. The minimum Gasteiger partial charge on any atom is -0.508 e. The Labute approximate surface area is 385 Å². The minimum atomic E-state index is -1.87. The molecule has 6 atom stereocenters. The highest BCUT2D eigenvalue weighted by atomic mass is 32.2. The second-order valence-corrected chi connectivity index (χ2v) is 17.1. The first kappa shape index (κ1) is 52.0. The van der Waals surface area contributed by atoms with Crippen LogP contribution < -0.4 is 65.2 Å². The molecule has 2 fully saturated rings. The lowest BCUT2D eigenvalue weighted by molar-refractivity contribution is -0.130. The summed E-state index contributed by atoms with van der Waals surface area (Å²) in [7, 11) is -1.87. The largest absolute Gasteiger partial charge is 0.508 e. The molecule has 0 aliphatic carbocycles. The third-order valence-corrected chi connectivity index (χ3v) is 12.2. The molecule has 2 aliphatic rings. The van der Waals surface area contributed by atoms with Crippen molar-refractivity contribution in [2.24, 2.45) is 28.1 Å². The Balaban J connectivity index is 1.32. The maximum Gasteiger partial charge on any atom is 0.488 e. The van der Waals surface area contributed by atoms with Gasteiger partial charge in [-0.15, -0.1) is 0 Å². The van der Waals surface area contributed by atoms with E-state index in [0.29, 0.717) is 12.0 Å². The van der Waals surface area contributed by atoms with Crippen LogP contribution in [0.1, 0.15) is 60.9 Å². The van der Waals surface area contributed by atoms with Gasteiger partial charge in [0.05, 0.1) is 24.5 Å². The van der Waals surface area contributed by atoms with Crippen LogP contribution in [0.25, 0.3) is 0 Å². The number of primary amides is 1. The second kappa shape index (κ2) is 26.4. The molecule has 6 unspecified atom stereocenters. The zero-order chi connectivity index (χ0) is 48.2. The van der Waals surface area contributed by atoms with E-state index in [1.807, 2.05) is 0 Å². The van der Waals surface area contributed by atoms with E-state index in [0.717, 1.165) is 18.6 Å². The molecule has 25 heteroatoms. The minimum absolute atomic E-state index is 0.00289. The lowest BCUT2D eigenvalue weighted by Crippen LogP contribution is -2.51. The summed E-state index contributed by atoms with van der Waals surface area (Å²) in [5, 5.41) is 50.7. The predicted octanol–water partition coefficient (Wildman–Crippen LogP) is -4.37. The molecule has 0 radical (unpaired) electrons. The van der Waals surface area contributed by atoms with Crippen LogP contribution in [-0.4, -0.2) is 144 Å². The van der Waals surface area contributed by atoms with Gasteiger partial charge in [-0.1, -0.05) is 30.7 Å². The fourth-order valence-corrected chi connectivity index (χ4v) is 8.67. The number of nitrogens with one attached hydrogen (secondary N) is 8. The highest BCUT2D eigenvalue weighted by molar-refractivity contribution is 8.00. The van der Waals surface area contributed by atoms with Crippen molar-refractivity contribution < 1.29 is 53.5 Å². The van der Waals surface area contributed by atoms with Gasteiger partial charge in [-0.05, 0) is 61.0 Å². The Hall–Kier alpha value is -6.60. The average Bonchev–Trinajstić information content (AvgIpc) is 3.84. The quantitative estimate of drug-likeness (QED) is 0.0132. The number of phenolic OH excluding ortho intramolecular Hbond substituents is 1. The fourth-order valence-electron chi connectivity index (χ4n) is 7.13. The van der Waals surface area contributed by atoms with Gasteiger partial charge in [0.1, 0.15) is 17.8 Å². The molecule has 0 bridgehead atoms. The fraction of sp³-hybridized carbons (Fsp3) is 0.488. The number of nitrogens with two attached hydrogens (primary N) is 3. The number of thioether (sulfide) groups is 1. The average molecular weight is 939 g/mol. The molecule has 0 spiro atoms. The van der Waals surface area contributed by atoms with E-state index in [-0.39, 0.29) is 110 Å². The van der Waals surface area contributed by atoms with E-state index >= 15 is 0 Å². The molecule has 2 aromatic carbocycles. The monoisotopic (exact) mass is 938 g/mol. The lowest BCUT2D eigenvalue weighted by Gasteiger charge is -2.21. The summed E-state index contributed by atoms with van der Waals surface area (Å²) < 4.78 is 0. The van der Waals surface area contributed by atoms with Crippen molar-refractivity contribution >= 4 is 77.7 Å². The normalized spacial score (nSPS) is 17.3. The Morgan fingerprint density at radius 3 is 2.26 bits per heavy atom. The third kappa shape index (κ3) is 17.8. The Morgan fingerprint density at radius 1 is 0.818 bits per heavy atom. The van der Waals surface area contributed by atoms with Crippen LogP contribution in [0.2, 0.25) is 0 Å². The summed E-state index contributed by atoms with van der Waals surface area (Å²) in [6.45, 7) is -0.556. The Morgan fingerprint density at radius 2 is 1.55 bits per heavy atom. The zero-order valence-electron chi connectivity index (χ0n) is 36.3. The van der Waals surface area contributed by atoms with Gasteiger partial charge < -0.3 is 74.9 Å². The molecule has 2 heterocycles. The van der Waals surface area contributed by atoms with E-state index in [1.165, 1.54) is 48.5 Å². The SMILES string of the molecule is NC(=O)C(CCN=C(N)N)CNC(=O)CNC(=O)C(Cc1ccc(O)cc1)NC(=O)CCC(NC(=O)c1cccc(B(O)O)c1)C(=O)NCCNC(=O)CCCCC1SCC2NC(=O)NC21. The van der Waals surface area contributed by atoms with Gasteiger partial charge in [-0.2, -0.15) is 11.8 Å². The van der Waals surface area contributed by atoms with Gasteiger partial charge in [0.25, 0.3) is 5.91 Å². The van der Waals surface area contributed by atoms with Crippen molar-refractivity contribution in [1.29, 1.82) is 0 Å². The number of carbonyl (C=O) groups excluding carboxylic acids is 8. The maximum absolute atomic E-state index is 13.5. The number of hydrogen-bond donors (Lipinski definition) is 14. The number of urea groups is 1. The first-order chi connectivity index (χ1) is 31.5. The summed E-state index contributed by atoms with van der Waals surface area (Å²) in [5.74, 6) is -4.67. The predicted molar refractivity (Wildman–Crippen MR) is 244 cm³/mol. The molecule has 0 saturated carbocycles. The topological polar surface area (TPSA) is 384 Å². The van der Waals surface area contributed by atoms with Gasteiger partial charge in [0, 0.05) is 62.0 Å². The van der Waals surface area contributed by atoms with Crippen LogP contribution in [0, 0.1) is 5.92 Å². The van der Waals surface area contributed by atoms with Crippen LogP contribution in [0.4, 0.5) is 4.79 Å². The number of guanidine groups is 1. The highest BCUT2D eigenvalue weighted by Gasteiger charge is 2.42. The summed E-state index contributed by atoms with van der Waals surface area (Å²) in [6.07, 6.45) is 1.96. The van der Waals surface area contributed by atoms with Crippen LogP contribution in [-0.2, 0) is 35.2 Å². The van der Waals surface area contributed by atoms with Crippen molar-refractivity contribution in [3.63, 3.8) is 0 Å². The number of carbonyl (C=O) groups is 8. The number of nitrogens with zero attached hydrogens (tertiary/aromatic N) is 1. The van der Waals surface area contributed by atoms with Gasteiger partial charge in [-0.25, -0.2) is 4.79 Å². The highest BCUT2D eigenvalue weighted by Crippen LogP contribution is 2.33. The molecule has 358 valence electrons. The number of rotatable bonds is 27. The number of amides is 9. The molecular weight excluding hydrogens is 879 g/mol. The summed E-state index contributed by atoms with van der Waals surface area (Å²) in [6, 6.07) is 8.75. The van der Waals surface area contributed by atoms with E-state index in [1.54, 1.807) is 11.8 Å². The van der Waals surface area contributed by atoms with Crippen LogP contribution in [0.15, 0.2) is 53.5 Å². The number of phenols is 1. The van der Waals surface area contributed by atoms with Gasteiger partial charge in [-0.3, -0.25) is 38.6 Å². The molecule has 66 heavy (non-hydrogen) atoms. The lowest BCUT2D eigenvalue weighted by atomic mass is 9.79. The second-order valence-electron chi connectivity index (χ2n) is 15.8. The number of fused-ring (bicyclic) bond motifs is 1. The summed E-state index contributed by atoms with van der Waals surface area (Å²) >= 11 is 1.80. The van der Waals surface area contributed by atoms with Gasteiger partial charge in [0.2, 0.25) is 35.4 Å². The number of hydrogen-bond acceptors (Lipinski definition) is 13. The molecule has 2 aromatic rings. The van der Waals surface area contributed by atoms with Crippen molar-refractivity contribution in [1.82, 2.24) is 42.5 Å². The molecule has 2 aliphatic heterocycles. The molecule has 23 nitrogen and oxygen atoms in total. The number of unbranched alkanes of at least 4 members (excludes halogenated alkanes) is 1. The van der Waals surface area contributed by atoms with Crippen LogP contribution in [0.5, 0.6) is 5.75 Å². The Kier molecular flexibility index (Phi) is 20.8. The van der Waals surface area contributed by atoms with E-state index in [9.17, 15) is 53.5 Å². The van der Waals surface area contributed by atoms with Crippen molar-refractivity contribution in [2.75, 3.05) is 38.5 Å². The van der Waals surface area contributed by atoms with Crippen molar-refractivity contribution in [2.45, 2.75) is 80.8 Å². The summed E-state index contributed by atoms with van der Waals surface area (Å²) in [4.78, 5) is 106. The molecule has 17 N–H and O–H groups in total. The van der Waals surface area contributed by atoms with Crippen molar-refractivity contribution in [3.05, 3.63) is 59.7 Å². The van der Waals surface area contributed by atoms with Crippen LogP contribution >= 0.6 is 11.8 Å². The first-order valence-electron chi connectivity index (χ1n) is 21.4. The number of benzene rings is 2. The van der Waals surface area contributed by atoms with Gasteiger partial charge in [0.15, 0.2) is 5.96 Å². The zero-order valence-corrected chi connectivity index (χ0v) is 37.1. The molecule has 4 rings (SSSR count). The standard InChI is InChI=1S/C41H59BN12O11S/c43-36(59)25(14-15-48-40(44)45)20-49-34(58)21-50-39(62)29(18-23-8-10-27(55)11-9-23)51-33(57)13-12-28(52-37(60)24-4-3-5-26(19-24)42(64)65)38(61)47-17-16-46-32(56)7-2-1-6-31-35-30(22-66-31)53-41(63)54-35/h3-5,8-11,19,25,28-31,35,55,64-65H,1-2,6-7,12-18,20-22H2,(H2,43,59)(H,46,56)(H,47,61)(H,49,58)(H,50,62)(H,51,57)(H,52,60)(H4,44,45,48)(H2,53,54,63). The first-order valence-corrected chi connectivity index (χ1v) is 22.5. The van der Waals surface area contributed by atoms with Crippen LogP contribution in [0.3, 0.4) is 0 Å². The number of aromatic hydroxyl groups is 1.